The third kappa shape index (κ3) is 2.71. The van der Waals surface area contributed by atoms with Crippen molar-refractivity contribution in [3.05, 3.63) is 28.8 Å². The van der Waals surface area contributed by atoms with E-state index in [-0.39, 0.29) is 0 Å². The van der Waals surface area contributed by atoms with Crippen LogP contribution in [0.1, 0.15) is 36.5 Å². The van der Waals surface area contributed by atoms with Crippen LogP contribution in [-0.2, 0) is 11.3 Å². The maximum absolute atomic E-state index is 10.1. The molecule has 0 bridgehead atoms. The van der Waals surface area contributed by atoms with Gasteiger partial charge in [0.15, 0.2) is 0 Å². The van der Waals surface area contributed by atoms with Crippen molar-refractivity contribution in [3.8, 4) is 5.75 Å². The number of benzene rings is 1. The minimum Gasteiger partial charge on any atom is -0.496 e. The normalized spacial score (nSPS) is 10.1. The molecule has 16 heavy (non-hydrogen) atoms. The summed E-state index contributed by atoms with van der Waals surface area (Å²) in [4.78, 5) is 13.7. The molecule has 0 amide bonds. The third-order valence-corrected chi connectivity index (χ3v) is 2.52. The second kappa shape index (κ2) is 5.47. The molecule has 0 saturated carbocycles. The molecule has 86 valence electrons. The molecule has 0 N–H and O–H groups in total. The minimum absolute atomic E-state index is 0.383. The van der Waals surface area contributed by atoms with E-state index in [0.29, 0.717) is 12.5 Å². The standard InChI is InChI=1S/C13H17NO2/c1-9(2)12-6-11(7-14-8-15)5-10(3)13(12)16-4/h5-6,9H,7H2,1-4H3. The van der Waals surface area contributed by atoms with Gasteiger partial charge in [0.05, 0.1) is 13.7 Å². The highest BCUT2D eigenvalue weighted by atomic mass is 16.5. The van der Waals surface area contributed by atoms with Gasteiger partial charge in [-0.05, 0) is 35.6 Å². The fourth-order valence-corrected chi connectivity index (χ4v) is 1.80. The first kappa shape index (κ1) is 12.5. The summed E-state index contributed by atoms with van der Waals surface area (Å²) < 4.78 is 5.39. The van der Waals surface area contributed by atoms with Crippen molar-refractivity contribution >= 4 is 6.08 Å². The number of hydrogen-bond donors (Lipinski definition) is 0. The van der Waals surface area contributed by atoms with Gasteiger partial charge in [-0.15, -0.1) is 0 Å². The van der Waals surface area contributed by atoms with Gasteiger partial charge < -0.3 is 4.74 Å². The van der Waals surface area contributed by atoms with Crippen molar-refractivity contribution in [1.82, 2.24) is 0 Å². The zero-order chi connectivity index (χ0) is 12.1. The lowest BCUT2D eigenvalue weighted by atomic mass is 9.96. The Morgan fingerprint density at radius 2 is 2.12 bits per heavy atom. The molecule has 0 atom stereocenters. The number of methoxy groups -OCH3 is 1. The first-order valence-electron chi connectivity index (χ1n) is 5.31. The van der Waals surface area contributed by atoms with Crippen LogP contribution in [0.3, 0.4) is 0 Å². The van der Waals surface area contributed by atoms with E-state index in [9.17, 15) is 4.79 Å². The van der Waals surface area contributed by atoms with Gasteiger partial charge in [0.2, 0.25) is 6.08 Å². The zero-order valence-electron chi connectivity index (χ0n) is 10.2. The van der Waals surface area contributed by atoms with Crippen LogP contribution >= 0.6 is 0 Å². The van der Waals surface area contributed by atoms with Gasteiger partial charge in [-0.25, -0.2) is 9.79 Å². The van der Waals surface area contributed by atoms with Crippen LogP contribution in [0.25, 0.3) is 0 Å². The van der Waals surface area contributed by atoms with Gasteiger partial charge in [-0.3, -0.25) is 0 Å². The maximum atomic E-state index is 10.1. The summed E-state index contributed by atoms with van der Waals surface area (Å²) in [5, 5.41) is 0. The second-order valence-electron chi connectivity index (χ2n) is 4.10. The minimum atomic E-state index is 0.383. The highest BCUT2D eigenvalue weighted by molar-refractivity contribution is 5.46. The topological polar surface area (TPSA) is 38.7 Å². The van der Waals surface area contributed by atoms with E-state index < -0.39 is 0 Å². The van der Waals surface area contributed by atoms with Gasteiger partial charge in [0, 0.05) is 0 Å². The predicted molar refractivity (Wildman–Crippen MR) is 63.6 cm³/mol. The van der Waals surface area contributed by atoms with E-state index >= 15 is 0 Å². The highest BCUT2D eigenvalue weighted by Gasteiger charge is 2.11. The Bertz CT molecular complexity index is 418. The largest absolute Gasteiger partial charge is 0.496 e. The number of aliphatic imine (C=N–C) groups is 1. The summed E-state index contributed by atoms with van der Waals surface area (Å²) in [7, 11) is 1.68. The second-order valence-corrected chi connectivity index (χ2v) is 4.10. The molecule has 3 nitrogen and oxygen atoms in total. The molecular weight excluding hydrogens is 202 g/mol. The molecule has 0 fully saturated rings. The molecule has 0 spiro atoms. The number of carbonyl (C=O) groups excluding carboxylic acids is 1. The summed E-state index contributed by atoms with van der Waals surface area (Å²) in [5.41, 5.74) is 3.24. The van der Waals surface area contributed by atoms with E-state index in [4.69, 9.17) is 4.74 Å². The van der Waals surface area contributed by atoms with Crippen molar-refractivity contribution in [3.63, 3.8) is 0 Å². The summed E-state index contributed by atoms with van der Waals surface area (Å²) in [6.45, 7) is 6.61. The third-order valence-electron chi connectivity index (χ3n) is 2.52. The fourth-order valence-electron chi connectivity index (χ4n) is 1.80. The van der Waals surface area contributed by atoms with Crippen LogP contribution < -0.4 is 4.74 Å². The Balaban J connectivity index is 3.22. The lowest BCUT2D eigenvalue weighted by molar-refractivity contribution is 0.404. The van der Waals surface area contributed by atoms with Crippen LogP contribution in [0, 0.1) is 6.92 Å². The van der Waals surface area contributed by atoms with E-state index in [1.165, 1.54) is 0 Å². The SMILES string of the molecule is COc1c(C)cc(CN=C=O)cc1C(C)C. The predicted octanol–water partition coefficient (Wildman–Crippen LogP) is 2.96. The Labute approximate surface area is 96.2 Å². The van der Waals surface area contributed by atoms with Gasteiger partial charge in [-0.1, -0.05) is 19.9 Å². The smallest absolute Gasteiger partial charge is 0.235 e. The number of nitrogens with zero attached hydrogens (tertiary/aromatic N) is 1. The van der Waals surface area contributed by atoms with Crippen molar-refractivity contribution in [2.45, 2.75) is 33.2 Å². The molecule has 3 heteroatoms. The Morgan fingerprint density at radius 3 is 2.62 bits per heavy atom. The maximum Gasteiger partial charge on any atom is 0.235 e. The van der Waals surface area contributed by atoms with Crippen molar-refractivity contribution < 1.29 is 9.53 Å². The molecule has 0 aliphatic heterocycles. The number of aryl methyl sites for hydroxylation is 1. The number of rotatable bonds is 4. The summed E-state index contributed by atoms with van der Waals surface area (Å²) in [6.07, 6.45) is 1.56. The van der Waals surface area contributed by atoms with Crippen molar-refractivity contribution in [2.75, 3.05) is 7.11 Å². The molecule has 0 heterocycles. The van der Waals surface area contributed by atoms with Crippen molar-refractivity contribution in [2.24, 2.45) is 4.99 Å². The molecule has 0 aromatic heterocycles. The molecule has 0 aliphatic rings. The average Bonchev–Trinajstić information content (AvgIpc) is 2.25. The van der Waals surface area contributed by atoms with Crippen molar-refractivity contribution in [1.29, 1.82) is 0 Å². The number of ether oxygens (including phenoxy) is 1. The molecule has 0 aliphatic carbocycles. The average molecular weight is 219 g/mol. The van der Waals surface area contributed by atoms with E-state index in [0.717, 1.165) is 22.4 Å². The molecule has 1 rings (SSSR count). The first-order chi connectivity index (χ1) is 7.60. The summed E-state index contributed by atoms with van der Waals surface area (Å²) >= 11 is 0. The van der Waals surface area contributed by atoms with Crippen LogP contribution in [0.4, 0.5) is 0 Å². The molecule has 0 saturated heterocycles. The Hall–Kier alpha value is -1.60. The first-order valence-corrected chi connectivity index (χ1v) is 5.31. The molecule has 0 unspecified atom stereocenters. The van der Waals surface area contributed by atoms with Crippen LogP contribution in [-0.4, -0.2) is 13.2 Å². The fraction of sp³-hybridized carbons (Fsp3) is 0.462. The van der Waals surface area contributed by atoms with E-state index in [1.54, 1.807) is 13.2 Å². The monoisotopic (exact) mass is 219 g/mol. The lowest BCUT2D eigenvalue weighted by Gasteiger charge is -2.15. The molecule has 0 radical (unpaired) electrons. The van der Waals surface area contributed by atoms with Gasteiger partial charge >= 0.3 is 0 Å². The number of hydrogen-bond acceptors (Lipinski definition) is 3. The lowest BCUT2D eigenvalue weighted by Crippen LogP contribution is -1.99. The highest BCUT2D eigenvalue weighted by Crippen LogP contribution is 2.31. The molecule has 1 aromatic rings. The van der Waals surface area contributed by atoms with Gasteiger partial charge in [-0.2, -0.15) is 0 Å². The van der Waals surface area contributed by atoms with Crippen LogP contribution in [0.15, 0.2) is 17.1 Å². The molecule has 1 aromatic carbocycles. The summed E-state index contributed by atoms with van der Waals surface area (Å²) in [6, 6.07) is 4.03. The summed E-state index contributed by atoms with van der Waals surface area (Å²) in [5.74, 6) is 1.31. The quantitative estimate of drug-likeness (QED) is 0.577. The van der Waals surface area contributed by atoms with E-state index in [2.05, 4.69) is 18.8 Å². The number of isocyanates is 1. The zero-order valence-corrected chi connectivity index (χ0v) is 10.2. The van der Waals surface area contributed by atoms with Gasteiger partial charge in [0.1, 0.15) is 5.75 Å². The molecular formula is C13H17NO2. The Morgan fingerprint density at radius 1 is 1.44 bits per heavy atom. The van der Waals surface area contributed by atoms with Gasteiger partial charge in [0.25, 0.3) is 0 Å². The van der Waals surface area contributed by atoms with E-state index in [1.807, 2.05) is 19.1 Å². The Kier molecular flexibility index (Phi) is 4.27. The van der Waals surface area contributed by atoms with Crippen LogP contribution in [0.2, 0.25) is 0 Å². The van der Waals surface area contributed by atoms with Crippen LogP contribution in [0.5, 0.6) is 5.75 Å².